The molecule has 0 atom stereocenters. The van der Waals surface area contributed by atoms with Crippen molar-refractivity contribution < 1.29 is 38.1 Å². The summed E-state index contributed by atoms with van der Waals surface area (Å²) < 4.78 is 20.3. The van der Waals surface area contributed by atoms with Crippen LogP contribution in [0, 0.1) is 0 Å². The van der Waals surface area contributed by atoms with Gasteiger partial charge >= 0.3 is 23.9 Å². The molecule has 0 radical (unpaired) electrons. The first kappa shape index (κ1) is 25.5. The zero-order chi connectivity index (χ0) is 23.7. The van der Waals surface area contributed by atoms with Gasteiger partial charge in [0, 0.05) is 0 Å². The summed E-state index contributed by atoms with van der Waals surface area (Å²) >= 11 is 1.87. The molecule has 0 unspecified atom stereocenters. The van der Waals surface area contributed by atoms with Crippen LogP contribution < -0.4 is 0 Å². The second-order valence-corrected chi connectivity index (χ2v) is 8.20. The van der Waals surface area contributed by atoms with Crippen molar-refractivity contribution in [2.24, 2.45) is 0 Å². The Morgan fingerprint density at radius 3 is 0.938 bits per heavy atom. The number of carbonyl (C=O) groups excluding carboxylic acids is 4. The molecule has 0 aromatic carbocycles. The number of esters is 4. The van der Waals surface area contributed by atoms with Gasteiger partial charge in [0.05, 0.1) is 46.0 Å². The minimum atomic E-state index is -0.597. The predicted molar refractivity (Wildman–Crippen MR) is 121 cm³/mol. The van der Waals surface area contributed by atoms with Gasteiger partial charge in [-0.05, 0) is 63.1 Å². The first-order chi connectivity index (χ1) is 15.3. The maximum Gasteiger partial charge on any atom is 0.344 e. The molecular formula is C22H24O8S2. The molecule has 2 aliphatic heterocycles. The van der Waals surface area contributed by atoms with Crippen LogP contribution in [0.5, 0.6) is 0 Å². The van der Waals surface area contributed by atoms with Gasteiger partial charge in [-0.3, -0.25) is 0 Å². The van der Waals surface area contributed by atoms with Gasteiger partial charge in [0.2, 0.25) is 0 Å². The number of hydrogen-bond acceptors (Lipinski definition) is 10. The molecular weight excluding hydrogens is 456 g/mol. The highest BCUT2D eigenvalue weighted by atomic mass is 32.2. The highest BCUT2D eigenvalue weighted by molar-refractivity contribution is 8.08. The van der Waals surface area contributed by atoms with Crippen molar-refractivity contribution in [3.63, 3.8) is 0 Å². The molecule has 10 heteroatoms. The number of hydrogen-bond donors (Lipinski definition) is 0. The Kier molecular flexibility index (Phi) is 9.86. The zero-order valence-electron chi connectivity index (χ0n) is 18.2. The maximum atomic E-state index is 12.4. The van der Waals surface area contributed by atoms with Gasteiger partial charge in [-0.2, -0.15) is 0 Å². The lowest BCUT2D eigenvalue weighted by molar-refractivity contribution is -0.139. The molecule has 0 N–H and O–H groups in total. The summed E-state index contributed by atoms with van der Waals surface area (Å²) in [6, 6.07) is 0. The molecule has 2 aliphatic rings. The Labute approximate surface area is 194 Å². The molecule has 2 rings (SSSR count). The predicted octanol–water partition coefficient (Wildman–Crippen LogP) is 3.56. The molecule has 0 saturated carbocycles. The number of thioether (sulfide) groups is 2. The van der Waals surface area contributed by atoms with Crippen molar-refractivity contribution in [3.05, 3.63) is 55.1 Å². The fourth-order valence-electron chi connectivity index (χ4n) is 2.55. The van der Waals surface area contributed by atoms with Crippen molar-refractivity contribution in [2.75, 3.05) is 26.4 Å². The Bertz CT molecular complexity index is 805. The van der Waals surface area contributed by atoms with Crippen LogP contribution in [0.15, 0.2) is 55.1 Å². The SMILES string of the molecule is CCOC(=O)C1=CC(=C2C=C(C(=O)OCC)SC(C(=O)OCC)=C2)C=C(C(=O)OCC)S1. The Morgan fingerprint density at radius 1 is 0.531 bits per heavy atom. The number of rotatable bonds is 8. The zero-order valence-corrected chi connectivity index (χ0v) is 19.9. The summed E-state index contributed by atoms with van der Waals surface area (Å²) in [6.07, 6.45) is 6.15. The summed E-state index contributed by atoms with van der Waals surface area (Å²) in [5, 5.41) is 0. The van der Waals surface area contributed by atoms with E-state index < -0.39 is 23.9 Å². The van der Waals surface area contributed by atoms with E-state index in [2.05, 4.69) is 0 Å². The van der Waals surface area contributed by atoms with E-state index in [-0.39, 0.29) is 46.0 Å². The molecule has 8 nitrogen and oxygen atoms in total. The summed E-state index contributed by atoms with van der Waals surface area (Å²) in [5.74, 6) is -2.39. The summed E-state index contributed by atoms with van der Waals surface area (Å²) in [4.78, 5) is 50.2. The largest absolute Gasteiger partial charge is 0.462 e. The molecule has 2 heterocycles. The third-order valence-corrected chi connectivity index (χ3v) is 5.84. The smallest absolute Gasteiger partial charge is 0.344 e. The lowest BCUT2D eigenvalue weighted by atomic mass is 10.0. The molecule has 0 bridgehead atoms. The molecule has 0 spiro atoms. The Hall–Kier alpha value is -2.72. The summed E-state index contributed by atoms with van der Waals surface area (Å²) in [5.41, 5.74) is 0.859. The first-order valence-corrected chi connectivity index (χ1v) is 11.6. The van der Waals surface area contributed by atoms with Crippen molar-refractivity contribution in [1.29, 1.82) is 0 Å². The Morgan fingerprint density at radius 2 is 0.750 bits per heavy atom. The van der Waals surface area contributed by atoms with E-state index in [1.807, 2.05) is 0 Å². The van der Waals surface area contributed by atoms with Crippen LogP contribution in [0.1, 0.15) is 27.7 Å². The molecule has 0 fully saturated rings. The van der Waals surface area contributed by atoms with Gasteiger partial charge in [-0.25, -0.2) is 19.2 Å². The van der Waals surface area contributed by atoms with Crippen molar-refractivity contribution in [3.8, 4) is 0 Å². The van der Waals surface area contributed by atoms with E-state index in [0.29, 0.717) is 11.1 Å². The lowest BCUT2D eigenvalue weighted by Gasteiger charge is -2.19. The second kappa shape index (κ2) is 12.4. The van der Waals surface area contributed by atoms with Crippen LogP contribution in [0.2, 0.25) is 0 Å². The Balaban J connectivity index is 2.64. The fourth-order valence-corrected chi connectivity index (χ4v) is 4.33. The van der Waals surface area contributed by atoms with E-state index in [0.717, 1.165) is 23.5 Å². The van der Waals surface area contributed by atoms with Crippen LogP contribution in [0.3, 0.4) is 0 Å². The molecule has 0 amide bonds. The lowest BCUT2D eigenvalue weighted by Crippen LogP contribution is -2.14. The average Bonchev–Trinajstić information content (AvgIpc) is 2.79. The van der Waals surface area contributed by atoms with Crippen molar-refractivity contribution in [1.82, 2.24) is 0 Å². The first-order valence-electron chi connectivity index (χ1n) is 9.99. The van der Waals surface area contributed by atoms with E-state index in [4.69, 9.17) is 18.9 Å². The van der Waals surface area contributed by atoms with E-state index in [9.17, 15) is 19.2 Å². The topological polar surface area (TPSA) is 105 Å². The van der Waals surface area contributed by atoms with Gasteiger partial charge in [0.15, 0.2) is 0 Å². The minimum Gasteiger partial charge on any atom is -0.462 e. The second-order valence-electron chi connectivity index (χ2n) is 6.03. The molecule has 0 saturated heterocycles. The number of allylic oxidation sites excluding steroid dienone is 6. The van der Waals surface area contributed by atoms with E-state index in [1.165, 1.54) is 24.3 Å². The highest BCUT2D eigenvalue weighted by Crippen LogP contribution is 2.39. The number of carbonyl (C=O) groups is 4. The van der Waals surface area contributed by atoms with Gasteiger partial charge in [0.25, 0.3) is 0 Å². The third-order valence-electron chi connectivity index (χ3n) is 3.83. The van der Waals surface area contributed by atoms with Gasteiger partial charge in [-0.15, -0.1) is 0 Å². The van der Waals surface area contributed by atoms with Gasteiger partial charge in [0.1, 0.15) is 0 Å². The van der Waals surface area contributed by atoms with E-state index in [1.54, 1.807) is 27.7 Å². The monoisotopic (exact) mass is 480 g/mol. The van der Waals surface area contributed by atoms with Gasteiger partial charge < -0.3 is 18.9 Å². The minimum absolute atomic E-state index is 0.164. The summed E-state index contributed by atoms with van der Waals surface area (Å²) in [6.45, 7) is 7.36. The highest BCUT2D eigenvalue weighted by Gasteiger charge is 2.28. The van der Waals surface area contributed by atoms with Gasteiger partial charge in [-0.1, -0.05) is 23.5 Å². The molecule has 0 aromatic rings. The molecule has 172 valence electrons. The molecule has 0 aromatic heterocycles. The van der Waals surface area contributed by atoms with Crippen LogP contribution in [0.4, 0.5) is 0 Å². The van der Waals surface area contributed by atoms with Crippen LogP contribution in [0.25, 0.3) is 0 Å². The van der Waals surface area contributed by atoms with E-state index >= 15 is 0 Å². The normalized spacial score (nSPS) is 15.6. The average molecular weight is 481 g/mol. The van der Waals surface area contributed by atoms with Crippen molar-refractivity contribution >= 4 is 47.4 Å². The molecule has 0 aliphatic carbocycles. The van der Waals surface area contributed by atoms with Crippen LogP contribution in [-0.2, 0) is 38.1 Å². The number of ether oxygens (including phenoxy) is 4. The van der Waals surface area contributed by atoms with Crippen LogP contribution in [-0.4, -0.2) is 50.3 Å². The fraction of sp³-hybridized carbons (Fsp3) is 0.364. The third kappa shape index (κ3) is 6.64. The molecule has 32 heavy (non-hydrogen) atoms. The summed E-state index contributed by atoms with van der Waals surface area (Å²) in [7, 11) is 0. The quantitative estimate of drug-likeness (QED) is 0.378. The van der Waals surface area contributed by atoms with Crippen LogP contribution >= 0.6 is 23.5 Å². The maximum absolute atomic E-state index is 12.4. The van der Waals surface area contributed by atoms with Crippen molar-refractivity contribution in [2.45, 2.75) is 27.7 Å². The standard InChI is InChI=1S/C22H24O8S2/c1-5-27-19(23)15-9-13(10-16(31-15)20(24)28-6-2)14-11-17(21(25)29-7-3)32-18(12-14)22(26)30-8-4/h9-12H,5-8H2,1-4H3.